The van der Waals surface area contributed by atoms with E-state index in [1.54, 1.807) is 6.08 Å². The van der Waals surface area contributed by atoms with Gasteiger partial charge in [-0.05, 0) is 12.8 Å². The third kappa shape index (κ3) is 4.13. The highest BCUT2D eigenvalue weighted by Crippen LogP contribution is 2.07. The maximum Gasteiger partial charge on any atom is 0.333 e. The summed E-state index contributed by atoms with van der Waals surface area (Å²) in [6.07, 6.45) is 3.87. The Morgan fingerprint density at radius 2 is 2.25 bits per heavy atom. The molecular weight excluding hydrogens is 156 g/mol. The van der Waals surface area contributed by atoms with Gasteiger partial charge in [0.15, 0.2) is 0 Å². The summed E-state index contributed by atoms with van der Waals surface area (Å²) in [6.45, 7) is 2.07. The lowest BCUT2D eigenvalue weighted by Crippen LogP contribution is -2.04. The number of methoxy groups -OCH3 is 1. The van der Waals surface area contributed by atoms with Gasteiger partial charge in [0.2, 0.25) is 0 Å². The van der Waals surface area contributed by atoms with Crippen LogP contribution in [0.25, 0.3) is 0 Å². The largest absolute Gasteiger partial charge is 0.466 e. The van der Waals surface area contributed by atoms with E-state index in [1.807, 2.05) is 6.92 Å². The smallest absolute Gasteiger partial charge is 0.333 e. The van der Waals surface area contributed by atoms with E-state index >= 15 is 0 Å². The van der Waals surface area contributed by atoms with E-state index < -0.39 is 0 Å². The SMILES string of the molecule is CCCC(=CCCO)C(=O)OC. The van der Waals surface area contributed by atoms with Gasteiger partial charge in [-0.1, -0.05) is 19.4 Å². The lowest BCUT2D eigenvalue weighted by molar-refractivity contribution is -0.136. The summed E-state index contributed by atoms with van der Waals surface area (Å²) in [6, 6.07) is 0. The van der Waals surface area contributed by atoms with Gasteiger partial charge >= 0.3 is 5.97 Å². The van der Waals surface area contributed by atoms with Gasteiger partial charge in [-0.3, -0.25) is 0 Å². The molecule has 0 bridgehead atoms. The van der Waals surface area contributed by atoms with E-state index in [0.717, 1.165) is 6.42 Å². The Labute approximate surface area is 73.0 Å². The van der Waals surface area contributed by atoms with Gasteiger partial charge in [0.25, 0.3) is 0 Å². The van der Waals surface area contributed by atoms with Crippen LogP contribution in [0.15, 0.2) is 11.6 Å². The van der Waals surface area contributed by atoms with Gasteiger partial charge in [0.05, 0.1) is 7.11 Å². The molecule has 0 aliphatic rings. The summed E-state index contributed by atoms with van der Waals surface area (Å²) >= 11 is 0. The molecule has 0 radical (unpaired) electrons. The summed E-state index contributed by atoms with van der Waals surface area (Å²) in [7, 11) is 1.37. The Balaban J connectivity index is 4.11. The molecule has 0 aromatic rings. The van der Waals surface area contributed by atoms with Crippen molar-refractivity contribution >= 4 is 5.97 Å². The summed E-state index contributed by atoms with van der Waals surface area (Å²) in [5.41, 5.74) is 0.661. The van der Waals surface area contributed by atoms with Crippen molar-refractivity contribution in [1.82, 2.24) is 0 Å². The first-order chi connectivity index (χ1) is 5.76. The molecule has 0 atom stereocenters. The van der Waals surface area contributed by atoms with Crippen LogP contribution in [-0.4, -0.2) is 24.8 Å². The van der Waals surface area contributed by atoms with Crippen molar-refractivity contribution in [3.63, 3.8) is 0 Å². The van der Waals surface area contributed by atoms with Crippen LogP contribution in [0.3, 0.4) is 0 Å². The molecule has 1 N–H and O–H groups in total. The number of hydrogen-bond acceptors (Lipinski definition) is 3. The van der Waals surface area contributed by atoms with Gasteiger partial charge in [0, 0.05) is 12.2 Å². The van der Waals surface area contributed by atoms with Gasteiger partial charge in [-0.2, -0.15) is 0 Å². The van der Waals surface area contributed by atoms with E-state index in [0.29, 0.717) is 18.4 Å². The Hall–Kier alpha value is -0.830. The number of aliphatic hydroxyl groups excluding tert-OH is 1. The first-order valence-electron chi connectivity index (χ1n) is 4.14. The first kappa shape index (κ1) is 11.2. The minimum absolute atomic E-state index is 0.0736. The summed E-state index contributed by atoms with van der Waals surface area (Å²) in [4.78, 5) is 11.0. The lowest BCUT2D eigenvalue weighted by Gasteiger charge is -2.02. The average molecular weight is 172 g/mol. The molecule has 12 heavy (non-hydrogen) atoms. The molecule has 0 spiro atoms. The van der Waals surface area contributed by atoms with Gasteiger partial charge < -0.3 is 9.84 Å². The summed E-state index contributed by atoms with van der Waals surface area (Å²) in [5.74, 6) is -0.287. The molecule has 0 aromatic carbocycles. The molecule has 0 saturated carbocycles. The van der Waals surface area contributed by atoms with Crippen molar-refractivity contribution in [2.45, 2.75) is 26.2 Å². The van der Waals surface area contributed by atoms with Crippen LogP contribution >= 0.6 is 0 Å². The van der Waals surface area contributed by atoms with Crippen molar-refractivity contribution in [1.29, 1.82) is 0 Å². The molecule has 0 amide bonds. The monoisotopic (exact) mass is 172 g/mol. The molecule has 3 nitrogen and oxygen atoms in total. The Morgan fingerprint density at radius 3 is 2.67 bits per heavy atom. The van der Waals surface area contributed by atoms with Crippen LogP contribution in [0, 0.1) is 0 Å². The second kappa shape index (κ2) is 6.85. The lowest BCUT2D eigenvalue weighted by atomic mass is 10.1. The van der Waals surface area contributed by atoms with Gasteiger partial charge in [-0.15, -0.1) is 0 Å². The van der Waals surface area contributed by atoms with Crippen LogP contribution in [0.5, 0.6) is 0 Å². The number of rotatable bonds is 5. The number of carbonyl (C=O) groups is 1. The molecule has 0 fully saturated rings. The maximum absolute atomic E-state index is 11.0. The van der Waals surface area contributed by atoms with Crippen molar-refractivity contribution in [3.8, 4) is 0 Å². The highest BCUT2D eigenvalue weighted by Gasteiger charge is 2.06. The quantitative estimate of drug-likeness (QED) is 0.501. The maximum atomic E-state index is 11.0. The molecule has 0 aromatic heterocycles. The van der Waals surface area contributed by atoms with E-state index in [4.69, 9.17) is 5.11 Å². The normalized spacial score (nSPS) is 11.4. The molecule has 0 saturated heterocycles. The Morgan fingerprint density at radius 1 is 1.58 bits per heavy atom. The van der Waals surface area contributed by atoms with Crippen molar-refractivity contribution in [3.05, 3.63) is 11.6 Å². The topological polar surface area (TPSA) is 46.5 Å². The van der Waals surface area contributed by atoms with E-state index in [2.05, 4.69) is 4.74 Å². The van der Waals surface area contributed by atoms with Crippen LogP contribution in [0.4, 0.5) is 0 Å². The molecule has 0 aliphatic heterocycles. The van der Waals surface area contributed by atoms with Crippen molar-refractivity contribution in [2.24, 2.45) is 0 Å². The zero-order valence-corrected chi connectivity index (χ0v) is 7.67. The van der Waals surface area contributed by atoms with E-state index in [9.17, 15) is 4.79 Å². The number of esters is 1. The van der Waals surface area contributed by atoms with Crippen molar-refractivity contribution in [2.75, 3.05) is 13.7 Å². The van der Waals surface area contributed by atoms with Gasteiger partial charge in [0.1, 0.15) is 0 Å². The molecule has 0 heterocycles. The number of aliphatic hydroxyl groups is 1. The predicted octanol–water partition coefficient (Wildman–Crippen LogP) is 1.27. The number of hydrogen-bond donors (Lipinski definition) is 1. The fourth-order valence-electron chi connectivity index (χ4n) is 0.927. The first-order valence-corrected chi connectivity index (χ1v) is 4.14. The molecule has 70 valence electrons. The minimum atomic E-state index is -0.287. The van der Waals surface area contributed by atoms with E-state index in [1.165, 1.54) is 7.11 Å². The van der Waals surface area contributed by atoms with Crippen LogP contribution in [-0.2, 0) is 9.53 Å². The fourth-order valence-corrected chi connectivity index (χ4v) is 0.927. The van der Waals surface area contributed by atoms with Gasteiger partial charge in [-0.25, -0.2) is 4.79 Å². The third-order valence-corrected chi connectivity index (χ3v) is 1.49. The fraction of sp³-hybridized carbons (Fsp3) is 0.667. The van der Waals surface area contributed by atoms with Crippen LogP contribution in [0.2, 0.25) is 0 Å². The molecule has 0 rings (SSSR count). The Kier molecular flexibility index (Phi) is 6.38. The van der Waals surface area contributed by atoms with Crippen LogP contribution in [0.1, 0.15) is 26.2 Å². The Bertz CT molecular complexity index is 161. The number of carbonyl (C=O) groups excluding carboxylic acids is 1. The highest BCUT2D eigenvalue weighted by molar-refractivity contribution is 5.88. The molecule has 0 unspecified atom stereocenters. The standard InChI is InChI=1S/C9H16O3/c1-3-5-8(6-4-7-10)9(11)12-2/h6,10H,3-5,7H2,1-2H3. The average Bonchev–Trinajstić information content (AvgIpc) is 2.11. The summed E-state index contributed by atoms with van der Waals surface area (Å²) < 4.78 is 4.57. The second-order valence-electron chi connectivity index (χ2n) is 2.48. The zero-order valence-electron chi connectivity index (χ0n) is 7.67. The van der Waals surface area contributed by atoms with E-state index in [-0.39, 0.29) is 12.6 Å². The highest BCUT2D eigenvalue weighted by atomic mass is 16.5. The van der Waals surface area contributed by atoms with Crippen LogP contribution < -0.4 is 0 Å². The number of ether oxygens (including phenoxy) is 1. The molecule has 0 aliphatic carbocycles. The minimum Gasteiger partial charge on any atom is -0.466 e. The predicted molar refractivity (Wildman–Crippen MR) is 46.7 cm³/mol. The third-order valence-electron chi connectivity index (χ3n) is 1.49. The second-order valence-corrected chi connectivity index (χ2v) is 2.48. The molecular formula is C9H16O3. The van der Waals surface area contributed by atoms with Crippen molar-refractivity contribution < 1.29 is 14.6 Å². The zero-order chi connectivity index (χ0) is 9.40. The summed E-state index contributed by atoms with van der Waals surface area (Å²) in [5, 5.41) is 8.54. The molecule has 3 heteroatoms.